The van der Waals surface area contributed by atoms with E-state index in [1.54, 1.807) is 7.11 Å². The lowest BCUT2D eigenvalue weighted by Crippen LogP contribution is -2.46. The molecule has 0 aromatic rings. The SMILES string of the molecule is CCN1CCOCC1OC. The Hall–Kier alpha value is -0.120. The van der Waals surface area contributed by atoms with E-state index < -0.39 is 0 Å². The van der Waals surface area contributed by atoms with E-state index in [4.69, 9.17) is 9.47 Å². The van der Waals surface area contributed by atoms with E-state index >= 15 is 0 Å². The summed E-state index contributed by atoms with van der Waals surface area (Å²) >= 11 is 0. The number of nitrogens with zero attached hydrogens (tertiary/aromatic N) is 1. The Labute approximate surface area is 61.9 Å². The molecular formula is C7H15NO2. The smallest absolute Gasteiger partial charge is 0.133 e. The van der Waals surface area contributed by atoms with Gasteiger partial charge in [-0.25, -0.2) is 0 Å². The fraction of sp³-hybridized carbons (Fsp3) is 1.00. The Morgan fingerprint density at radius 1 is 1.70 bits per heavy atom. The molecule has 3 heteroatoms. The fourth-order valence-corrected chi connectivity index (χ4v) is 1.19. The molecule has 3 nitrogen and oxygen atoms in total. The van der Waals surface area contributed by atoms with Crippen molar-refractivity contribution in [2.75, 3.05) is 33.4 Å². The van der Waals surface area contributed by atoms with Gasteiger partial charge in [-0.1, -0.05) is 6.92 Å². The minimum Gasteiger partial charge on any atom is -0.376 e. The van der Waals surface area contributed by atoms with E-state index in [-0.39, 0.29) is 6.23 Å². The first-order chi connectivity index (χ1) is 4.88. The van der Waals surface area contributed by atoms with Gasteiger partial charge in [-0.15, -0.1) is 0 Å². The Morgan fingerprint density at radius 3 is 3.00 bits per heavy atom. The van der Waals surface area contributed by atoms with Crippen LogP contribution in [0.25, 0.3) is 0 Å². The van der Waals surface area contributed by atoms with Gasteiger partial charge in [0.2, 0.25) is 0 Å². The summed E-state index contributed by atoms with van der Waals surface area (Å²) in [6, 6.07) is 0. The molecule has 0 aliphatic carbocycles. The second-order valence-corrected chi connectivity index (χ2v) is 2.39. The van der Waals surface area contributed by atoms with Crippen molar-refractivity contribution in [3.05, 3.63) is 0 Å². The van der Waals surface area contributed by atoms with E-state index in [1.165, 1.54) is 0 Å². The van der Waals surface area contributed by atoms with Gasteiger partial charge in [0.1, 0.15) is 6.23 Å². The number of hydrogen-bond acceptors (Lipinski definition) is 3. The number of likely N-dealkylation sites (N-methyl/N-ethyl adjacent to an activating group) is 1. The van der Waals surface area contributed by atoms with Crippen molar-refractivity contribution in [2.24, 2.45) is 0 Å². The van der Waals surface area contributed by atoms with Crippen LogP contribution < -0.4 is 0 Å². The molecule has 0 N–H and O–H groups in total. The lowest BCUT2D eigenvalue weighted by molar-refractivity contribution is -0.122. The van der Waals surface area contributed by atoms with Crippen LogP contribution in [0.15, 0.2) is 0 Å². The predicted molar refractivity (Wildman–Crippen MR) is 38.9 cm³/mol. The zero-order valence-corrected chi connectivity index (χ0v) is 6.67. The highest BCUT2D eigenvalue weighted by molar-refractivity contribution is 4.64. The van der Waals surface area contributed by atoms with Crippen molar-refractivity contribution in [2.45, 2.75) is 13.2 Å². The molecule has 0 aromatic carbocycles. The van der Waals surface area contributed by atoms with Crippen LogP contribution in [0.4, 0.5) is 0 Å². The minimum absolute atomic E-state index is 0.179. The normalized spacial score (nSPS) is 28.8. The van der Waals surface area contributed by atoms with Crippen molar-refractivity contribution in [3.63, 3.8) is 0 Å². The Kier molecular flexibility index (Phi) is 3.12. The van der Waals surface area contributed by atoms with E-state index in [2.05, 4.69) is 11.8 Å². The van der Waals surface area contributed by atoms with Crippen LogP contribution in [0.3, 0.4) is 0 Å². The van der Waals surface area contributed by atoms with Gasteiger partial charge in [-0.2, -0.15) is 0 Å². The van der Waals surface area contributed by atoms with Gasteiger partial charge >= 0.3 is 0 Å². The van der Waals surface area contributed by atoms with Crippen LogP contribution in [-0.2, 0) is 9.47 Å². The molecule has 1 fully saturated rings. The molecular weight excluding hydrogens is 130 g/mol. The van der Waals surface area contributed by atoms with E-state index in [9.17, 15) is 0 Å². The molecule has 0 amide bonds. The summed E-state index contributed by atoms with van der Waals surface area (Å²) in [5.74, 6) is 0. The molecule has 1 atom stereocenters. The average Bonchev–Trinajstić information content (AvgIpc) is 2.04. The number of rotatable bonds is 2. The van der Waals surface area contributed by atoms with Gasteiger partial charge < -0.3 is 9.47 Å². The third-order valence-electron chi connectivity index (χ3n) is 1.87. The number of morpholine rings is 1. The summed E-state index contributed by atoms with van der Waals surface area (Å²) in [6.45, 7) is 5.73. The van der Waals surface area contributed by atoms with Crippen molar-refractivity contribution < 1.29 is 9.47 Å². The van der Waals surface area contributed by atoms with Crippen LogP contribution >= 0.6 is 0 Å². The molecule has 1 saturated heterocycles. The highest BCUT2D eigenvalue weighted by Gasteiger charge is 2.19. The number of methoxy groups -OCH3 is 1. The summed E-state index contributed by atoms with van der Waals surface area (Å²) in [6.07, 6.45) is 0.179. The molecule has 10 heavy (non-hydrogen) atoms. The maximum absolute atomic E-state index is 5.24. The molecule has 1 aliphatic rings. The molecule has 0 spiro atoms. The topological polar surface area (TPSA) is 21.7 Å². The zero-order valence-electron chi connectivity index (χ0n) is 6.67. The van der Waals surface area contributed by atoms with Crippen molar-refractivity contribution in [3.8, 4) is 0 Å². The Morgan fingerprint density at radius 2 is 2.50 bits per heavy atom. The molecule has 0 saturated carbocycles. The molecule has 0 aromatic heterocycles. The van der Waals surface area contributed by atoms with Gasteiger partial charge in [0.25, 0.3) is 0 Å². The van der Waals surface area contributed by atoms with Crippen LogP contribution in [0.1, 0.15) is 6.92 Å². The first kappa shape index (κ1) is 7.98. The summed E-state index contributed by atoms with van der Waals surface area (Å²) in [7, 11) is 1.72. The maximum Gasteiger partial charge on any atom is 0.133 e. The van der Waals surface area contributed by atoms with Gasteiger partial charge in [0.15, 0.2) is 0 Å². The Balaban J connectivity index is 2.34. The second kappa shape index (κ2) is 3.91. The molecule has 1 unspecified atom stereocenters. The van der Waals surface area contributed by atoms with E-state index in [1.807, 2.05) is 0 Å². The number of ether oxygens (including phenoxy) is 2. The van der Waals surface area contributed by atoms with Crippen molar-refractivity contribution in [1.82, 2.24) is 4.90 Å². The van der Waals surface area contributed by atoms with Crippen molar-refractivity contribution in [1.29, 1.82) is 0 Å². The molecule has 1 rings (SSSR count). The minimum atomic E-state index is 0.179. The Bertz CT molecular complexity index is 85.6. The van der Waals surface area contributed by atoms with Gasteiger partial charge in [-0.3, -0.25) is 4.90 Å². The van der Waals surface area contributed by atoms with E-state index in [0.717, 1.165) is 19.7 Å². The fourth-order valence-electron chi connectivity index (χ4n) is 1.19. The molecule has 60 valence electrons. The van der Waals surface area contributed by atoms with E-state index in [0.29, 0.717) is 6.61 Å². The third kappa shape index (κ3) is 1.68. The quantitative estimate of drug-likeness (QED) is 0.558. The van der Waals surface area contributed by atoms with Crippen LogP contribution in [-0.4, -0.2) is 44.5 Å². The third-order valence-corrected chi connectivity index (χ3v) is 1.87. The number of hydrogen-bond donors (Lipinski definition) is 0. The lowest BCUT2D eigenvalue weighted by atomic mass is 10.4. The maximum atomic E-state index is 5.24. The largest absolute Gasteiger partial charge is 0.376 e. The molecule has 1 aliphatic heterocycles. The van der Waals surface area contributed by atoms with Gasteiger partial charge in [-0.05, 0) is 6.54 Å². The van der Waals surface area contributed by atoms with Gasteiger partial charge in [0.05, 0.1) is 13.2 Å². The predicted octanol–water partition coefficient (Wildman–Crippen LogP) is 0.311. The summed E-state index contributed by atoms with van der Waals surface area (Å²) < 4.78 is 10.4. The summed E-state index contributed by atoms with van der Waals surface area (Å²) in [4.78, 5) is 2.27. The first-order valence-electron chi connectivity index (χ1n) is 3.73. The highest BCUT2D eigenvalue weighted by Crippen LogP contribution is 2.05. The summed E-state index contributed by atoms with van der Waals surface area (Å²) in [5, 5.41) is 0. The lowest BCUT2D eigenvalue weighted by Gasteiger charge is -2.33. The molecule has 0 bridgehead atoms. The average molecular weight is 145 g/mol. The van der Waals surface area contributed by atoms with Gasteiger partial charge in [0, 0.05) is 13.7 Å². The standard InChI is InChI=1S/C7H15NO2/c1-3-8-4-5-10-6-7(8)9-2/h7H,3-6H2,1-2H3. The zero-order chi connectivity index (χ0) is 7.40. The second-order valence-electron chi connectivity index (χ2n) is 2.39. The highest BCUT2D eigenvalue weighted by atomic mass is 16.5. The summed E-state index contributed by atoms with van der Waals surface area (Å²) in [5.41, 5.74) is 0. The van der Waals surface area contributed by atoms with Crippen molar-refractivity contribution >= 4 is 0 Å². The first-order valence-corrected chi connectivity index (χ1v) is 3.73. The van der Waals surface area contributed by atoms with Crippen LogP contribution in [0, 0.1) is 0 Å². The molecule has 0 radical (unpaired) electrons. The van der Waals surface area contributed by atoms with Crippen LogP contribution in [0.5, 0.6) is 0 Å². The monoisotopic (exact) mass is 145 g/mol. The van der Waals surface area contributed by atoms with Crippen LogP contribution in [0.2, 0.25) is 0 Å². The molecule has 1 heterocycles.